The SMILES string of the molecule is O=C(N[C@@H]1C[C@H]2CC[C@@H]1C2)c1cc2ccsc2n1Cc1ccccc1F. The Kier molecular flexibility index (Phi) is 3.85. The zero-order valence-corrected chi connectivity index (χ0v) is 15.3. The molecule has 3 nitrogen and oxygen atoms in total. The minimum Gasteiger partial charge on any atom is -0.348 e. The summed E-state index contributed by atoms with van der Waals surface area (Å²) in [7, 11) is 0. The highest BCUT2D eigenvalue weighted by molar-refractivity contribution is 7.16. The molecular weight excluding hydrogens is 347 g/mol. The largest absolute Gasteiger partial charge is 0.348 e. The van der Waals surface area contributed by atoms with E-state index in [0.29, 0.717) is 29.8 Å². The number of rotatable bonds is 4. The van der Waals surface area contributed by atoms with Gasteiger partial charge in [-0.15, -0.1) is 11.3 Å². The van der Waals surface area contributed by atoms with Crippen LogP contribution in [0, 0.1) is 17.7 Å². The van der Waals surface area contributed by atoms with E-state index >= 15 is 0 Å². The molecule has 2 aliphatic carbocycles. The maximum atomic E-state index is 14.2. The fourth-order valence-electron chi connectivity index (χ4n) is 4.78. The summed E-state index contributed by atoms with van der Waals surface area (Å²) in [5, 5.41) is 6.33. The number of thiophene rings is 1. The van der Waals surface area contributed by atoms with Gasteiger partial charge >= 0.3 is 0 Å². The van der Waals surface area contributed by atoms with Crippen LogP contribution in [0.2, 0.25) is 0 Å². The Hall–Kier alpha value is -2.14. The van der Waals surface area contributed by atoms with Crippen LogP contribution in [0.4, 0.5) is 4.39 Å². The zero-order valence-electron chi connectivity index (χ0n) is 14.5. The number of hydrogen-bond acceptors (Lipinski definition) is 2. The van der Waals surface area contributed by atoms with Gasteiger partial charge in [0, 0.05) is 17.0 Å². The lowest BCUT2D eigenvalue weighted by Crippen LogP contribution is -2.39. The number of aromatic nitrogens is 1. The minimum absolute atomic E-state index is 0.0257. The Labute approximate surface area is 155 Å². The van der Waals surface area contributed by atoms with Gasteiger partial charge < -0.3 is 9.88 Å². The van der Waals surface area contributed by atoms with Crippen LogP contribution in [0.5, 0.6) is 0 Å². The predicted molar refractivity (Wildman–Crippen MR) is 102 cm³/mol. The van der Waals surface area contributed by atoms with Crippen molar-refractivity contribution in [3.05, 3.63) is 58.9 Å². The van der Waals surface area contributed by atoms with Crippen molar-refractivity contribution < 1.29 is 9.18 Å². The molecule has 2 heterocycles. The molecule has 2 aromatic heterocycles. The van der Waals surface area contributed by atoms with Crippen LogP contribution in [-0.2, 0) is 6.54 Å². The van der Waals surface area contributed by atoms with Crippen LogP contribution < -0.4 is 5.32 Å². The van der Waals surface area contributed by atoms with Crippen LogP contribution >= 0.6 is 11.3 Å². The third kappa shape index (κ3) is 2.65. The monoisotopic (exact) mass is 368 g/mol. The number of benzene rings is 1. The highest BCUT2D eigenvalue weighted by atomic mass is 32.1. The number of fused-ring (bicyclic) bond motifs is 3. The molecule has 3 atom stereocenters. The number of amides is 1. The highest BCUT2D eigenvalue weighted by Crippen LogP contribution is 2.44. The second-order valence-electron chi connectivity index (χ2n) is 7.64. The van der Waals surface area contributed by atoms with Crippen molar-refractivity contribution in [2.75, 3.05) is 0 Å². The molecule has 26 heavy (non-hydrogen) atoms. The molecule has 1 N–H and O–H groups in total. The van der Waals surface area contributed by atoms with Gasteiger partial charge in [0.15, 0.2) is 0 Å². The molecule has 0 spiro atoms. The number of halogens is 1. The van der Waals surface area contributed by atoms with E-state index in [9.17, 15) is 9.18 Å². The molecule has 1 aromatic carbocycles. The van der Waals surface area contributed by atoms with Crippen LogP contribution in [0.15, 0.2) is 41.8 Å². The Morgan fingerprint density at radius 1 is 1.23 bits per heavy atom. The van der Waals surface area contributed by atoms with Crippen molar-refractivity contribution >= 4 is 27.5 Å². The van der Waals surface area contributed by atoms with E-state index in [1.54, 1.807) is 23.5 Å². The molecule has 1 amide bonds. The lowest BCUT2D eigenvalue weighted by Gasteiger charge is -2.23. The van der Waals surface area contributed by atoms with Gasteiger partial charge in [-0.2, -0.15) is 0 Å². The van der Waals surface area contributed by atoms with E-state index in [0.717, 1.165) is 22.6 Å². The molecule has 0 saturated heterocycles. The molecule has 2 bridgehead atoms. The summed E-state index contributed by atoms with van der Waals surface area (Å²) < 4.78 is 16.1. The van der Waals surface area contributed by atoms with E-state index in [2.05, 4.69) is 5.32 Å². The first kappa shape index (κ1) is 16.1. The normalized spacial score (nSPS) is 24.4. The first-order valence-electron chi connectivity index (χ1n) is 9.30. The number of carbonyl (C=O) groups is 1. The number of carbonyl (C=O) groups excluding carboxylic acids is 1. The Balaban J connectivity index is 1.46. The first-order valence-corrected chi connectivity index (χ1v) is 10.2. The van der Waals surface area contributed by atoms with Crippen molar-refractivity contribution in [1.82, 2.24) is 9.88 Å². The third-order valence-electron chi connectivity index (χ3n) is 6.08. The summed E-state index contributed by atoms with van der Waals surface area (Å²) in [4.78, 5) is 14.0. The molecule has 0 radical (unpaired) electrons. The van der Waals surface area contributed by atoms with E-state index in [4.69, 9.17) is 0 Å². The zero-order chi connectivity index (χ0) is 17.7. The highest BCUT2D eigenvalue weighted by Gasteiger charge is 2.40. The summed E-state index contributed by atoms with van der Waals surface area (Å²) in [6.45, 7) is 0.371. The molecule has 3 aromatic rings. The van der Waals surface area contributed by atoms with Gasteiger partial charge in [0.1, 0.15) is 16.3 Å². The lowest BCUT2D eigenvalue weighted by molar-refractivity contribution is 0.0914. The van der Waals surface area contributed by atoms with Gasteiger partial charge in [-0.1, -0.05) is 24.6 Å². The summed E-state index contributed by atoms with van der Waals surface area (Å²) in [6, 6.07) is 11.0. The fourth-order valence-corrected chi connectivity index (χ4v) is 5.68. The summed E-state index contributed by atoms with van der Waals surface area (Å²) >= 11 is 1.59. The number of nitrogens with one attached hydrogen (secondary N) is 1. The third-order valence-corrected chi connectivity index (χ3v) is 7.03. The summed E-state index contributed by atoms with van der Waals surface area (Å²) in [6.07, 6.45) is 4.92. The molecule has 5 rings (SSSR count). The lowest BCUT2D eigenvalue weighted by atomic mass is 9.95. The minimum atomic E-state index is -0.231. The quantitative estimate of drug-likeness (QED) is 0.705. The van der Waals surface area contributed by atoms with E-state index in [-0.39, 0.29) is 11.7 Å². The van der Waals surface area contributed by atoms with Gasteiger partial charge in [0.05, 0.1) is 6.54 Å². The van der Waals surface area contributed by atoms with Crippen molar-refractivity contribution in [3.63, 3.8) is 0 Å². The standard InChI is InChI=1S/C21H21FN2OS/c22-17-4-2-1-3-16(17)12-24-19(11-15-7-8-26-21(15)24)20(25)23-18-10-13-5-6-14(18)9-13/h1-4,7-8,11,13-14,18H,5-6,9-10,12H2,(H,23,25)/t13-,14+,18+/m0/s1. The Morgan fingerprint density at radius 3 is 2.88 bits per heavy atom. The maximum absolute atomic E-state index is 14.2. The van der Waals surface area contributed by atoms with E-state index < -0.39 is 0 Å². The van der Waals surface area contributed by atoms with Gasteiger partial charge in [0.2, 0.25) is 0 Å². The van der Waals surface area contributed by atoms with Crippen LogP contribution in [-0.4, -0.2) is 16.5 Å². The van der Waals surface area contributed by atoms with Gasteiger partial charge in [-0.25, -0.2) is 4.39 Å². The molecule has 2 aliphatic rings. The molecule has 2 fully saturated rings. The predicted octanol–water partition coefficient (Wildman–Crippen LogP) is 4.81. The maximum Gasteiger partial charge on any atom is 0.268 e. The van der Waals surface area contributed by atoms with Gasteiger partial charge in [-0.3, -0.25) is 4.79 Å². The molecular formula is C21H21FN2OS. The first-order chi connectivity index (χ1) is 12.7. The second kappa shape index (κ2) is 6.23. The van der Waals surface area contributed by atoms with E-state index in [1.165, 1.54) is 25.3 Å². The van der Waals surface area contributed by atoms with Crippen LogP contribution in [0.1, 0.15) is 41.7 Å². The average molecular weight is 368 g/mol. The topological polar surface area (TPSA) is 34.0 Å². The summed E-state index contributed by atoms with van der Waals surface area (Å²) in [5.41, 5.74) is 1.24. The summed E-state index contributed by atoms with van der Waals surface area (Å²) in [5.74, 6) is 1.17. The molecule has 134 valence electrons. The van der Waals surface area contributed by atoms with Crippen LogP contribution in [0.3, 0.4) is 0 Å². The molecule has 0 aliphatic heterocycles. The number of hydrogen-bond donors (Lipinski definition) is 1. The molecule has 5 heteroatoms. The van der Waals surface area contributed by atoms with Crippen molar-refractivity contribution in [2.24, 2.45) is 11.8 Å². The number of nitrogens with zero attached hydrogens (tertiary/aromatic N) is 1. The smallest absolute Gasteiger partial charge is 0.268 e. The Bertz CT molecular complexity index is 975. The van der Waals surface area contributed by atoms with Crippen LogP contribution in [0.25, 0.3) is 10.2 Å². The van der Waals surface area contributed by atoms with Crippen molar-refractivity contribution in [3.8, 4) is 0 Å². The van der Waals surface area contributed by atoms with Gasteiger partial charge in [-0.05, 0) is 54.7 Å². The average Bonchev–Trinajstić information content (AvgIpc) is 3.38. The van der Waals surface area contributed by atoms with Gasteiger partial charge in [0.25, 0.3) is 5.91 Å². The van der Waals surface area contributed by atoms with E-state index in [1.807, 2.05) is 28.1 Å². The second-order valence-corrected chi connectivity index (χ2v) is 8.54. The Morgan fingerprint density at radius 2 is 2.12 bits per heavy atom. The van der Waals surface area contributed by atoms with Crippen molar-refractivity contribution in [1.29, 1.82) is 0 Å². The van der Waals surface area contributed by atoms with Crippen molar-refractivity contribution in [2.45, 2.75) is 38.3 Å². The molecule has 2 saturated carbocycles. The molecule has 0 unspecified atom stereocenters. The fraction of sp³-hybridized carbons (Fsp3) is 0.381.